The first-order valence-corrected chi connectivity index (χ1v) is 6.02. The van der Waals surface area contributed by atoms with Crippen molar-refractivity contribution in [3.05, 3.63) is 12.7 Å². The summed E-state index contributed by atoms with van der Waals surface area (Å²) in [7, 11) is -1.75. The summed E-state index contributed by atoms with van der Waals surface area (Å²) >= 11 is 0. The lowest BCUT2D eigenvalue weighted by Crippen LogP contribution is -2.50. The van der Waals surface area contributed by atoms with Crippen molar-refractivity contribution in [2.75, 3.05) is 0 Å². The molecule has 96 valence electrons. The highest BCUT2D eigenvalue weighted by Gasteiger charge is 2.44. The number of alkyl halides is 3. The van der Waals surface area contributed by atoms with Crippen LogP contribution in [0.5, 0.6) is 0 Å². The summed E-state index contributed by atoms with van der Waals surface area (Å²) < 4.78 is 51.0. The Kier molecular flexibility index (Phi) is 5.19. The molecule has 0 aliphatic heterocycles. The van der Waals surface area contributed by atoms with E-state index >= 15 is 0 Å². The fraction of sp³-hybridized carbons (Fsp3) is 0.800. The fourth-order valence-corrected chi connectivity index (χ4v) is 1.83. The monoisotopic (exact) mass is 257 g/mol. The topological polar surface area (TPSA) is 29.1 Å². The zero-order valence-electron chi connectivity index (χ0n) is 9.89. The highest BCUT2D eigenvalue weighted by atomic mass is 32.2. The van der Waals surface area contributed by atoms with Gasteiger partial charge in [0, 0.05) is 0 Å². The van der Waals surface area contributed by atoms with Gasteiger partial charge in [-0.3, -0.25) is 0 Å². The number of rotatable bonds is 4. The van der Waals surface area contributed by atoms with E-state index in [9.17, 15) is 17.4 Å². The van der Waals surface area contributed by atoms with Crippen molar-refractivity contribution in [1.82, 2.24) is 4.72 Å². The largest absolute Gasteiger partial charge is 0.405 e. The standard InChI is InChI=1S/C10H18F3NOS/c1-6-7(2)8(10(11,12)13)14-16(15)9(3,4)5/h6-8,14H,1H2,2-5H3/t7?,8-,16?/m0/s1. The van der Waals surface area contributed by atoms with Gasteiger partial charge < -0.3 is 0 Å². The van der Waals surface area contributed by atoms with Crippen LogP contribution in [0.1, 0.15) is 27.7 Å². The zero-order chi connectivity index (χ0) is 13.1. The number of halogens is 3. The molecular formula is C10H18F3NOS. The van der Waals surface area contributed by atoms with Crippen LogP contribution in [0, 0.1) is 5.92 Å². The molecule has 6 heteroatoms. The van der Waals surface area contributed by atoms with Crippen molar-refractivity contribution in [3.8, 4) is 0 Å². The van der Waals surface area contributed by atoms with Crippen molar-refractivity contribution >= 4 is 11.0 Å². The van der Waals surface area contributed by atoms with E-state index in [4.69, 9.17) is 0 Å². The molecule has 0 fully saturated rings. The third kappa shape index (κ3) is 4.65. The summed E-state index contributed by atoms with van der Waals surface area (Å²) in [6, 6.07) is -1.83. The SMILES string of the molecule is C=CC(C)[C@H](NS(=O)C(C)(C)C)C(F)(F)F. The molecule has 0 saturated carbocycles. The van der Waals surface area contributed by atoms with Crippen molar-refractivity contribution in [3.63, 3.8) is 0 Å². The molecule has 1 N–H and O–H groups in total. The summed E-state index contributed by atoms with van der Waals surface area (Å²) in [5.74, 6) is -0.828. The molecule has 0 heterocycles. The molecule has 0 aromatic heterocycles. The van der Waals surface area contributed by atoms with Crippen LogP contribution in [-0.2, 0) is 11.0 Å². The van der Waals surface area contributed by atoms with Crippen LogP contribution in [0.2, 0.25) is 0 Å². The molecule has 2 nitrogen and oxygen atoms in total. The Labute approximate surface area is 96.9 Å². The molecule has 2 unspecified atom stereocenters. The summed E-state index contributed by atoms with van der Waals surface area (Å²) in [5, 5.41) is 0. The maximum Gasteiger partial charge on any atom is 0.405 e. The van der Waals surface area contributed by atoms with E-state index in [0.29, 0.717) is 0 Å². The molecule has 0 spiro atoms. The Bertz CT molecular complexity index is 270. The van der Waals surface area contributed by atoms with E-state index in [2.05, 4.69) is 11.3 Å². The molecule has 0 aromatic rings. The number of hydrogen-bond acceptors (Lipinski definition) is 1. The number of nitrogens with one attached hydrogen (secondary N) is 1. The molecule has 0 aliphatic carbocycles. The first-order chi connectivity index (χ1) is 7.00. The molecule has 16 heavy (non-hydrogen) atoms. The van der Waals surface area contributed by atoms with E-state index in [1.165, 1.54) is 13.0 Å². The third-order valence-corrected chi connectivity index (χ3v) is 3.62. The van der Waals surface area contributed by atoms with Gasteiger partial charge in [0.25, 0.3) is 0 Å². The van der Waals surface area contributed by atoms with Gasteiger partial charge in [-0.2, -0.15) is 13.2 Å². The van der Waals surface area contributed by atoms with Gasteiger partial charge in [-0.25, -0.2) is 8.93 Å². The van der Waals surface area contributed by atoms with Gasteiger partial charge in [-0.05, 0) is 26.7 Å². The fourth-order valence-electron chi connectivity index (χ4n) is 0.900. The van der Waals surface area contributed by atoms with Gasteiger partial charge >= 0.3 is 6.18 Å². The smallest absolute Gasteiger partial charge is 0.242 e. The predicted molar refractivity (Wildman–Crippen MR) is 60.2 cm³/mol. The number of hydrogen-bond donors (Lipinski definition) is 1. The molecule has 0 radical (unpaired) electrons. The van der Waals surface area contributed by atoms with Gasteiger partial charge in [0.2, 0.25) is 0 Å². The van der Waals surface area contributed by atoms with Gasteiger partial charge in [-0.1, -0.05) is 13.0 Å². The highest BCUT2D eigenvalue weighted by molar-refractivity contribution is 7.84. The second-order valence-electron chi connectivity index (χ2n) is 4.61. The van der Waals surface area contributed by atoms with Gasteiger partial charge in [0.15, 0.2) is 0 Å². The van der Waals surface area contributed by atoms with Gasteiger partial charge in [-0.15, -0.1) is 6.58 Å². The van der Waals surface area contributed by atoms with Crippen LogP contribution in [0.4, 0.5) is 13.2 Å². The van der Waals surface area contributed by atoms with Crippen LogP contribution < -0.4 is 4.72 Å². The van der Waals surface area contributed by atoms with Crippen LogP contribution >= 0.6 is 0 Å². The molecular weight excluding hydrogens is 239 g/mol. The van der Waals surface area contributed by atoms with Crippen LogP contribution in [0.3, 0.4) is 0 Å². The Balaban J connectivity index is 4.84. The average molecular weight is 257 g/mol. The third-order valence-electron chi connectivity index (χ3n) is 2.04. The van der Waals surface area contributed by atoms with Crippen molar-refractivity contribution in [1.29, 1.82) is 0 Å². The zero-order valence-corrected chi connectivity index (χ0v) is 10.7. The Morgan fingerprint density at radius 1 is 1.31 bits per heavy atom. The molecule has 0 aromatic carbocycles. The van der Waals surface area contributed by atoms with E-state index in [0.717, 1.165) is 0 Å². The Hall–Kier alpha value is -0.360. The lowest BCUT2D eigenvalue weighted by atomic mass is 10.0. The molecule has 3 atom stereocenters. The lowest BCUT2D eigenvalue weighted by Gasteiger charge is -2.28. The quantitative estimate of drug-likeness (QED) is 0.771. The summed E-state index contributed by atoms with van der Waals surface area (Å²) in [6.45, 7) is 9.55. The van der Waals surface area contributed by atoms with Gasteiger partial charge in [0.1, 0.15) is 6.04 Å². The highest BCUT2D eigenvalue weighted by Crippen LogP contribution is 2.27. The van der Waals surface area contributed by atoms with Crippen LogP contribution in [0.25, 0.3) is 0 Å². The van der Waals surface area contributed by atoms with E-state index in [1.807, 2.05) is 0 Å². The molecule has 0 rings (SSSR count). The minimum Gasteiger partial charge on any atom is -0.242 e. The Morgan fingerprint density at radius 2 is 1.75 bits per heavy atom. The lowest BCUT2D eigenvalue weighted by molar-refractivity contribution is -0.157. The molecule has 0 saturated heterocycles. The molecule has 0 amide bonds. The first-order valence-electron chi connectivity index (χ1n) is 4.87. The normalized spacial score (nSPS) is 18.9. The van der Waals surface area contributed by atoms with Crippen molar-refractivity contribution in [2.45, 2.75) is 44.7 Å². The minimum atomic E-state index is -4.44. The van der Waals surface area contributed by atoms with Gasteiger partial charge in [0.05, 0.1) is 15.7 Å². The summed E-state index contributed by atoms with van der Waals surface area (Å²) in [6.07, 6.45) is -3.24. The summed E-state index contributed by atoms with van der Waals surface area (Å²) in [4.78, 5) is 0. The Morgan fingerprint density at radius 3 is 2.00 bits per heavy atom. The average Bonchev–Trinajstić information content (AvgIpc) is 2.09. The maximum absolute atomic E-state index is 12.7. The second kappa shape index (κ2) is 5.31. The minimum absolute atomic E-state index is 0.732. The van der Waals surface area contributed by atoms with Crippen LogP contribution in [0.15, 0.2) is 12.7 Å². The maximum atomic E-state index is 12.7. The van der Waals surface area contributed by atoms with Crippen molar-refractivity contribution < 1.29 is 17.4 Å². The molecule has 0 aliphatic rings. The first kappa shape index (κ1) is 15.6. The van der Waals surface area contributed by atoms with Crippen molar-refractivity contribution in [2.24, 2.45) is 5.92 Å². The second-order valence-corrected chi connectivity index (χ2v) is 6.61. The van der Waals surface area contributed by atoms with E-state index in [-0.39, 0.29) is 0 Å². The van der Waals surface area contributed by atoms with E-state index < -0.39 is 33.9 Å². The van der Waals surface area contributed by atoms with Crippen LogP contribution in [-0.4, -0.2) is 21.2 Å². The molecule has 0 bridgehead atoms. The summed E-state index contributed by atoms with van der Waals surface area (Å²) in [5.41, 5.74) is 0. The van der Waals surface area contributed by atoms with E-state index in [1.54, 1.807) is 20.8 Å². The predicted octanol–water partition coefficient (Wildman–Crippen LogP) is 2.79.